The second-order valence-corrected chi connectivity index (χ2v) is 5.54. The molecule has 0 aliphatic carbocycles. The maximum atomic E-state index is 11.7. The summed E-state index contributed by atoms with van der Waals surface area (Å²) in [5.41, 5.74) is 3.48. The van der Waals surface area contributed by atoms with Crippen LogP contribution in [0.25, 0.3) is 0 Å². The van der Waals surface area contributed by atoms with Crippen LogP contribution in [0.1, 0.15) is 25.8 Å². The van der Waals surface area contributed by atoms with Gasteiger partial charge in [-0.2, -0.15) is 10.2 Å². The van der Waals surface area contributed by atoms with Crippen LogP contribution in [-0.2, 0) is 7.05 Å². The van der Waals surface area contributed by atoms with Gasteiger partial charge in [-0.15, -0.1) is 0 Å². The summed E-state index contributed by atoms with van der Waals surface area (Å²) in [6.07, 6.45) is 3.96. The average molecular weight is 365 g/mol. The molecule has 0 atom stereocenters. The zero-order chi connectivity index (χ0) is 18.2. The minimum atomic E-state index is -0.391. The van der Waals surface area contributed by atoms with Crippen molar-refractivity contribution >= 4 is 23.5 Å². The summed E-state index contributed by atoms with van der Waals surface area (Å²) in [6.45, 7) is 5.13. The zero-order valence-corrected chi connectivity index (χ0v) is 15.2. The van der Waals surface area contributed by atoms with E-state index in [0.29, 0.717) is 30.4 Å². The highest BCUT2D eigenvalue weighted by molar-refractivity contribution is 6.32. The summed E-state index contributed by atoms with van der Waals surface area (Å²) < 4.78 is 12.4. The molecule has 134 valence electrons. The van der Waals surface area contributed by atoms with Crippen LogP contribution >= 0.6 is 11.6 Å². The molecule has 0 bridgehead atoms. The van der Waals surface area contributed by atoms with Gasteiger partial charge in [0.1, 0.15) is 10.7 Å². The Kier molecular flexibility index (Phi) is 6.82. The average Bonchev–Trinajstić information content (AvgIpc) is 2.61. The van der Waals surface area contributed by atoms with Crippen LogP contribution in [0.2, 0.25) is 5.02 Å². The molecular weight excluding hydrogens is 344 g/mol. The molecule has 0 unspecified atom stereocenters. The first-order chi connectivity index (χ1) is 12.1. The minimum absolute atomic E-state index is 0.0352. The first-order valence-corrected chi connectivity index (χ1v) is 8.35. The normalized spacial score (nSPS) is 10.9. The van der Waals surface area contributed by atoms with Crippen molar-refractivity contribution in [1.82, 2.24) is 9.78 Å². The van der Waals surface area contributed by atoms with E-state index >= 15 is 0 Å². The summed E-state index contributed by atoms with van der Waals surface area (Å²) in [5.74, 6) is 1.36. The number of hydrazone groups is 1. The molecule has 0 aliphatic heterocycles. The summed E-state index contributed by atoms with van der Waals surface area (Å²) in [4.78, 5) is 11.7. The Hall–Kier alpha value is -2.54. The number of nitrogens with zero attached hydrogens (tertiary/aromatic N) is 3. The van der Waals surface area contributed by atoms with Gasteiger partial charge in [-0.25, -0.2) is 4.68 Å². The number of hydrogen-bond donors (Lipinski definition) is 1. The SMILES string of the molecule is CCCOc1ccc(/C=N\Nc2cnn(C)c(=O)c2Cl)cc1OCC. The van der Waals surface area contributed by atoms with Crippen LogP contribution in [0, 0.1) is 0 Å². The first-order valence-electron chi connectivity index (χ1n) is 7.97. The number of anilines is 1. The summed E-state index contributed by atoms with van der Waals surface area (Å²) >= 11 is 5.97. The predicted octanol–water partition coefficient (Wildman–Crippen LogP) is 3.07. The highest BCUT2D eigenvalue weighted by atomic mass is 35.5. The van der Waals surface area contributed by atoms with Crippen molar-refractivity contribution in [2.45, 2.75) is 20.3 Å². The van der Waals surface area contributed by atoms with E-state index in [1.807, 2.05) is 32.0 Å². The third-order valence-corrected chi connectivity index (χ3v) is 3.57. The summed E-state index contributed by atoms with van der Waals surface area (Å²) in [5, 5.41) is 8.02. The smallest absolute Gasteiger partial charge is 0.287 e. The Bertz CT molecular complexity index is 805. The fraction of sp³-hybridized carbons (Fsp3) is 0.353. The van der Waals surface area contributed by atoms with Crippen LogP contribution in [0.4, 0.5) is 5.69 Å². The van der Waals surface area contributed by atoms with E-state index in [1.54, 1.807) is 6.21 Å². The highest BCUT2D eigenvalue weighted by Gasteiger charge is 2.07. The molecule has 0 radical (unpaired) electrons. The van der Waals surface area contributed by atoms with Gasteiger partial charge in [-0.1, -0.05) is 18.5 Å². The van der Waals surface area contributed by atoms with Crippen molar-refractivity contribution in [1.29, 1.82) is 0 Å². The van der Waals surface area contributed by atoms with Gasteiger partial charge >= 0.3 is 0 Å². The van der Waals surface area contributed by atoms with Gasteiger partial charge in [-0.3, -0.25) is 10.2 Å². The Balaban J connectivity index is 2.14. The number of halogens is 1. The topological polar surface area (TPSA) is 77.7 Å². The number of benzene rings is 1. The van der Waals surface area contributed by atoms with E-state index in [1.165, 1.54) is 13.2 Å². The van der Waals surface area contributed by atoms with Crippen LogP contribution in [-0.4, -0.2) is 29.2 Å². The largest absolute Gasteiger partial charge is 0.490 e. The second kappa shape index (κ2) is 9.08. The van der Waals surface area contributed by atoms with E-state index in [2.05, 4.69) is 15.6 Å². The van der Waals surface area contributed by atoms with Gasteiger partial charge < -0.3 is 9.47 Å². The molecule has 1 N–H and O–H groups in total. The highest BCUT2D eigenvalue weighted by Crippen LogP contribution is 2.28. The molecular formula is C17H21ClN4O3. The van der Waals surface area contributed by atoms with E-state index < -0.39 is 5.56 Å². The van der Waals surface area contributed by atoms with E-state index in [-0.39, 0.29) is 5.02 Å². The van der Waals surface area contributed by atoms with Gasteiger partial charge in [0.05, 0.1) is 25.6 Å². The van der Waals surface area contributed by atoms with Gasteiger partial charge in [-0.05, 0) is 37.1 Å². The molecule has 0 amide bonds. The van der Waals surface area contributed by atoms with Gasteiger partial charge in [0.2, 0.25) is 0 Å². The molecule has 2 aromatic rings. The fourth-order valence-corrected chi connectivity index (χ4v) is 2.18. The lowest BCUT2D eigenvalue weighted by molar-refractivity contribution is 0.277. The predicted molar refractivity (Wildman–Crippen MR) is 99.1 cm³/mol. The maximum Gasteiger partial charge on any atom is 0.287 e. The van der Waals surface area contributed by atoms with Crippen LogP contribution in [0.3, 0.4) is 0 Å². The third-order valence-electron chi connectivity index (χ3n) is 3.21. The van der Waals surface area contributed by atoms with Crippen LogP contribution in [0.15, 0.2) is 34.3 Å². The lowest BCUT2D eigenvalue weighted by Gasteiger charge is -2.11. The lowest BCUT2D eigenvalue weighted by Crippen LogP contribution is -2.20. The van der Waals surface area contributed by atoms with Crippen molar-refractivity contribution < 1.29 is 9.47 Å². The molecule has 7 nitrogen and oxygen atoms in total. The number of nitrogens with one attached hydrogen (secondary N) is 1. The zero-order valence-electron chi connectivity index (χ0n) is 14.5. The monoisotopic (exact) mass is 364 g/mol. The molecule has 0 fully saturated rings. The number of aryl methyl sites for hydroxylation is 1. The first kappa shape index (κ1) is 18.8. The molecule has 0 spiro atoms. The maximum absolute atomic E-state index is 11.7. The quantitative estimate of drug-likeness (QED) is 0.575. The van der Waals surface area contributed by atoms with E-state index in [4.69, 9.17) is 21.1 Å². The lowest BCUT2D eigenvalue weighted by atomic mass is 10.2. The van der Waals surface area contributed by atoms with Gasteiger partial charge in [0.25, 0.3) is 5.56 Å². The number of hydrogen-bond acceptors (Lipinski definition) is 6. The molecule has 0 aliphatic rings. The number of rotatable bonds is 8. The molecule has 8 heteroatoms. The Morgan fingerprint density at radius 1 is 1.32 bits per heavy atom. The van der Waals surface area contributed by atoms with E-state index in [0.717, 1.165) is 16.7 Å². The van der Waals surface area contributed by atoms with Crippen LogP contribution < -0.4 is 20.5 Å². The van der Waals surface area contributed by atoms with Gasteiger partial charge in [0.15, 0.2) is 11.5 Å². The Labute approximate surface area is 151 Å². The number of ether oxygens (including phenoxy) is 2. The Morgan fingerprint density at radius 2 is 2.12 bits per heavy atom. The van der Waals surface area contributed by atoms with Crippen molar-refractivity contribution in [2.75, 3.05) is 18.6 Å². The summed E-state index contributed by atoms with van der Waals surface area (Å²) in [7, 11) is 1.53. The number of aromatic nitrogens is 2. The molecule has 0 saturated carbocycles. The molecule has 0 saturated heterocycles. The van der Waals surface area contributed by atoms with Crippen molar-refractivity contribution in [3.8, 4) is 11.5 Å². The standard InChI is InChI=1S/C17H21ClN4O3/c1-4-8-25-14-7-6-12(9-15(14)24-5-2)10-19-21-13-11-20-22(3)17(23)16(13)18/h6-7,9-11,21H,4-5,8H2,1-3H3/b19-10-. The minimum Gasteiger partial charge on any atom is -0.490 e. The van der Waals surface area contributed by atoms with Crippen molar-refractivity contribution in [3.63, 3.8) is 0 Å². The molecule has 1 heterocycles. The van der Waals surface area contributed by atoms with Crippen LogP contribution in [0.5, 0.6) is 11.5 Å². The van der Waals surface area contributed by atoms with Crippen molar-refractivity contribution in [3.05, 3.63) is 45.3 Å². The molecule has 25 heavy (non-hydrogen) atoms. The fourth-order valence-electron chi connectivity index (χ4n) is 1.97. The molecule has 1 aromatic heterocycles. The van der Waals surface area contributed by atoms with E-state index in [9.17, 15) is 4.79 Å². The van der Waals surface area contributed by atoms with Gasteiger partial charge in [0, 0.05) is 7.05 Å². The third kappa shape index (κ3) is 4.96. The summed E-state index contributed by atoms with van der Waals surface area (Å²) in [6, 6.07) is 5.54. The molecule has 2 rings (SSSR count). The van der Waals surface area contributed by atoms with Crippen molar-refractivity contribution in [2.24, 2.45) is 12.1 Å². The second-order valence-electron chi connectivity index (χ2n) is 5.16. The Morgan fingerprint density at radius 3 is 2.84 bits per heavy atom. The molecule has 1 aromatic carbocycles.